The van der Waals surface area contributed by atoms with Gasteiger partial charge in [0.05, 0.1) is 5.60 Å². The van der Waals surface area contributed by atoms with Crippen LogP contribution < -0.4 is 0 Å². The van der Waals surface area contributed by atoms with E-state index >= 15 is 0 Å². The lowest BCUT2D eigenvalue weighted by molar-refractivity contribution is -0.161. The minimum absolute atomic E-state index is 0.0836. The molecule has 0 aromatic heterocycles. The van der Waals surface area contributed by atoms with Crippen LogP contribution in [0.5, 0.6) is 0 Å². The van der Waals surface area contributed by atoms with Gasteiger partial charge in [-0.2, -0.15) is 0 Å². The van der Waals surface area contributed by atoms with Gasteiger partial charge >= 0.3 is 0 Å². The molecule has 0 unspecified atom stereocenters. The van der Waals surface area contributed by atoms with Gasteiger partial charge in [-0.25, -0.2) is 8.78 Å². The van der Waals surface area contributed by atoms with Crippen molar-refractivity contribution in [3.05, 3.63) is 0 Å². The molecule has 4 fully saturated rings. The Morgan fingerprint density at radius 2 is 1.83 bits per heavy atom. The first-order valence-corrected chi connectivity index (χ1v) is 9.01. The summed E-state index contributed by atoms with van der Waals surface area (Å²) in [4.78, 5) is 16.8. The van der Waals surface area contributed by atoms with E-state index < -0.39 is 11.8 Å². The Kier molecular flexibility index (Phi) is 3.88. The van der Waals surface area contributed by atoms with E-state index in [2.05, 4.69) is 4.90 Å². The highest BCUT2D eigenvalue weighted by Gasteiger charge is 2.52. The van der Waals surface area contributed by atoms with Gasteiger partial charge in [0.15, 0.2) is 0 Å². The maximum Gasteiger partial charge on any atom is 0.249 e. The number of carbonyl (C=O) groups excluding carboxylic acids is 1. The van der Waals surface area contributed by atoms with Gasteiger partial charge in [0.2, 0.25) is 11.8 Å². The molecule has 0 aromatic rings. The highest BCUT2D eigenvalue weighted by molar-refractivity contribution is 5.80. The van der Waals surface area contributed by atoms with Crippen LogP contribution in [0.3, 0.4) is 0 Å². The first-order chi connectivity index (χ1) is 11.0. The zero-order valence-electron chi connectivity index (χ0n) is 13.6. The van der Waals surface area contributed by atoms with Crippen LogP contribution in [0, 0.1) is 5.92 Å². The van der Waals surface area contributed by atoms with Crippen LogP contribution in [-0.4, -0.2) is 66.1 Å². The number of ether oxygens (including phenoxy) is 1. The molecule has 3 heterocycles. The number of carbonyl (C=O) groups is 1. The Labute approximate surface area is 136 Å². The second kappa shape index (κ2) is 5.66. The van der Waals surface area contributed by atoms with E-state index in [1.165, 1.54) is 25.9 Å². The Bertz CT molecular complexity index is 473. The fourth-order valence-electron chi connectivity index (χ4n) is 4.83. The van der Waals surface area contributed by atoms with Crippen molar-refractivity contribution >= 4 is 5.91 Å². The van der Waals surface area contributed by atoms with Crippen LogP contribution in [0.15, 0.2) is 0 Å². The monoisotopic (exact) mass is 328 g/mol. The second-order valence-electron chi connectivity index (χ2n) is 7.89. The molecule has 1 aliphatic carbocycles. The number of halogens is 2. The molecule has 1 amide bonds. The van der Waals surface area contributed by atoms with Gasteiger partial charge in [-0.1, -0.05) is 0 Å². The molecule has 0 aromatic carbocycles. The van der Waals surface area contributed by atoms with Crippen LogP contribution in [0.1, 0.15) is 44.9 Å². The number of nitrogens with zero attached hydrogens (tertiary/aromatic N) is 2. The van der Waals surface area contributed by atoms with Crippen LogP contribution in [-0.2, 0) is 9.53 Å². The first kappa shape index (κ1) is 15.8. The number of rotatable bonds is 2. The Morgan fingerprint density at radius 3 is 2.52 bits per heavy atom. The van der Waals surface area contributed by atoms with Gasteiger partial charge in [0.25, 0.3) is 0 Å². The summed E-state index contributed by atoms with van der Waals surface area (Å²) in [7, 11) is 0. The molecule has 0 bridgehead atoms. The van der Waals surface area contributed by atoms with Crippen LogP contribution in [0.4, 0.5) is 8.78 Å². The molecule has 2 atom stereocenters. The highest BCUT2D eigenvalue weighted by atomic mass is 19.3. The van der Waals surface area contributed by atoms with Crippen LogP contribution in [0.25, 0.3) is 0 Å². The minimum atomic E-state index is -2.63. The Morgan fingerprint density at radius 1 is 1.09 bits per heavy atom. The summed E-state index contributed by atoms with van der Waals surface area (Å²) in [6.45, 7) is 4.37. The Balaban J connectivity index is 1.36. The third-order valence-electron chi connectivity index (χ3n) is 6.19. The molecule has 0 radical (unpaired) electrons. The lowest BCUT2D eigenvalue weighted by Gasteiger charge is -2.42. The van der Waals surface area contributed by atoms with E-state index in [1.54, 1.807) is 4.90 Å². The molecule has 1 saturated carbocycles. The quantitative estimate of drug-likeness (QED) is 0.780. The minimum Gasteiger partial charge on any atom is -0.373 e. The molecule has 23 heavy (non-hydrogen) atoms. The SMILES string of the molecule is O=C(C1CC(F)(F)C1)N1CC[C@@]2(C[C@H](N3CCCC3)CCO2)C1. The van der Waals surface area contributed by atoms with Crippen molar-refractivity contribution in [1.82, 2.24) is 9.80 Å². The fourth-order valence-corrected chi connectivity index (χ4v) is 4.83. The van der Waals surface area contributed by atoms with Crippen LogP contribution >= 0.6 is 0 Å². The predicted molar refractivity (Wildman–Crippen MR) is 81.4 cm³/mol. The van der Waals surface area contributed by atoms with E-state index in [1.807, 2.05) is 0 Å². The van der Waals surface area contributed by atoms with Crippen molar-refractivity contribution in [2.45, 2.75) is 62.5 Å². The number of amides is 1. The van der Waals surface area contributed by atoms with Crippen molar-refractivity contribution in [1.29, 1.82) is 0 Å². The molecule has 130 valence electrons. The second-order valence-corrected chi connectivity index (χ2v) is 7.89. The van der Waals surface area contributed by atoms with Gasteiger partial charge in [-0.05, 0) is 45.2 Å². The molecule has 4 aliphatic rings. The molecule has 4 rings (SSSR count). The standard InChI is InChI=1S/C17H26F2N2O2/c18-17(19)9-13(10-17)15(22)21-7-4-16(12-21)11-14(3-8-23-16)20-5-1-2-6-20/h13-14H,1-12H2/t14-,16-/m1/s1. The maximum absolute atomic E-state index is 13.0. The average Bonchev–Trinajstić information content (AvgIpc) is 3.14. The van der Waals surface area contributed by atoms with Gasteiger partial charge in [0.1, 0.15) is 0 Å². The predicted octanol–water partition coefficient (Wildman–Crippen LogP) is 2.28. The number of hydrogen-bond acceptors (Lipinski definition) is 3. The molecule has 3 saturated heterocycles. The van der Waals surface area contributed by atoms with Crippen molar-refractivity contribution in [3.8, 4) is 0 Å². The molecular weight excluding hydrogens is 302 g/mol. The molecule has 1 spiro atoms. The van der Waals surface area contributed by atoms with Crippen LogP contribution in [0.2, 0.25) is 0 Å². The van der Waals surface area contributed by atoms with Gasteiger partial charge < -0.3 is 14.5 Å². The van der Waals surface area contributed by atoms with Crippen molar-refractivity contribution in [2.24, 2.45) is 5.92 Å². The summed E-state index contributed by atoms with van der Waals surface area (Å²) in [5.74, 6) is -3.18. The summed E-state index contributed by atoms with van der Waals surface area (Å²) in [6, 6.07) is 0.564. The van der Waals surface area contributed by atoms with E-state index in [9.17, 15) is 13.6 Å². The van der Waals surface area contributed by atoms with E-state index in [0.717, 1.165) is 25.9 Å². The summed E-state index contributed by atoms with van der Waals surface area (Å²) in [6.07, 6.45) is 4.93. The third kappa shape index (κ3) is 3.00. The first-order valence-electron chi connectivity index (χ1n) is 9.01. The zero-order valence-corrected chi connectivity index (χ0v) is 13.6. The third-order valence-corrected chi connectivity index (χ3v) is 6.19. The van der Waals surface area contributed by atoms with Crippen molar-refractivity contribution in [3.63, 3.8) is 0 Å². The van der Waals surface area contributed by atoms with Gasteiger partial charge in [-0.3, -0.25) is 4.79 Å². The molecule has 0 N–H and O–H groups in total. The average molecular weight is 328 g/mol. The zero-order chi connectivity index (χ0) is 16.1. The number of likely N-dealkylation sites (tertiary alicyclic amines) is 2. The lowest BCUT2D eigenvalue weighted by Crippen LogP contribution is -2.51. The summed E-state index contributed by atoms with van der Waals surface area (Å²) in [5, 5.41) is 0. The highest BCUT2D eigenvalue weighted by Crippen LogP contribution is 2.45. The molecule has 6 heteroatoms. The number of alkyl halides is 2. The van der Waals surface area contributed by atoms with E-state index in [4.69, 9.17) is 4.74 Å². The van der Waals surface area contributed by atoms with E-state index in [-0.39, 0.29) is 24.3 Å². The smallest absolute Gasteiger partial charge is 0.249 e. The Hall–Kier alpha value is -0.750. The van der Waals surface area contributed by atoms with Gasteiger partial charge in [-0.15, -0.1) is 0 Å². The van der Waals surface area contributed by atoms with Crippen molar-refractivity contribution < 1.29 is 18.3 Å². The van der Waals surface area contributed by atoms with E-state index in [0.29, 0.717) is 19.1 Å². The molecule has 3 aliphatic heterocycles. The fraction of sp³-hybridized carbons (Fsp3) is 0.941. The normalized spacial score (nSPS) is 38.2. The molecule has 4 nitrogen and oxygen atoms in total. The lowest BCUT2D eigenvalue weighted by atomic mass is 9.80. The maximum atomic E-state index is 13.0. The largest absolute Gasteiger partial charge is 0.373 e. The summed E-state index contributed by atoms with van der Waals surface area (Å²) in [5.41, 5.74) is -0.229. The topological polar surface area (TPSA) is 32.8 Å². The van der Waals surface area contributed by atoms with Crippen molar-refractivity contribution in [2.75, 3.05) is 32.8 Å². The van der Waals surface area contributed by atoms with Gasteiger partial charge in [0, 0.05) is 44.5 Å². The summed E-state index contributed by atoms with van der Waals surface area (Å²) < 4.78 is 32.1. The summed E-state index contributed by atoms with van der Waals surface area (Å²) >= 11 is 0. The molecular formula is C17H26F2N2O2. The number of hydrogen-bond donors (Lipinski definition) is 0.